The highest BCUT2D eigenvalue weighted by Gasteiger charge is 2.09. The molecule has 0 saturated carbocycles. The highest BCUT2D eigenvalue weighted by molar-refractivity contribution is 4.66. The van der Waals surface area contributed by atoms with Gasteiger partial charge in [0.25, 0.3) is 0 Å². The Balaban J connectivity index is 3.04. The molecule has 0 spiro atoms. The van der Waals surface area contributed by atoms with Crippen LogP contribution in [-0.2, 0) is 0 Å². The zero-order valence-corrected chi connectivity index (χ0v) is 6.34. The van der Waals surface area contributed by atoms with E-state index < -0.39 is 5.79 Å². The lowest BCUT2D eigenvalue weighted by Gasteiger charge is -2.17. The summed E-state index contributed by atoms with van der Waals surface area (Å²) in [5, 5.41) is 0. The average molecular weight is 146 g/mol. The summed E-state index contributed by atoms with van der Waals surface area (Å²) in [5.41, 5.74) is 21.3. The molecule has 0 saturated heterocycles. The summed E-state index contributed by atoms with van der Waals surface area (Å²) in [6.07, 6.45) is 3.70. The normalized spacial score (nSPS) is 12.0. The molecule has 0 unspecified atom stereocenters. The van der Waals surface area contributed by atoms with E-state index >= 15 is 0 Å². The van der Waals surface area contributed by atoms with Crippen molar-refractivity contribution in [3.05, 3.63) is 0 Å². The monoisotopic (exact) mass is 146 g/mol. The summed E-state index contributed by atoms with van der Waals surface area (Å²) in [6.45, 7) is 0.729. The number of rotatable bonds is 5. The zero-order valence-electron chi connectivity index (χ0n) is 6.34. The van der Waals surface area contributed by atoms with E-state index in [-0.39, 0.29) is 0 Å². The minimum atomic E-state index is -0.991. The van der Waals surface area contributed by atoms with Crippen molar-refractivity contribution in [2.24, 2.45) is 22.9 Å². The van der Waals surface area contributed by atoms with E-state index in [1.165, 1.54) is 0 Å². The molecule has 0 aromatic carbocycles. The largest absolute Gasteiger partial charge is 0.330 e. The SMILES string of the molecule is NCCCCCC(N)(N)N. The van der Waals surface area contributed by atoms with E-state index in [1.807, 2.05) is 0 Å². The van der Waals surface area contributed by atoms with Crippen molar-refractivity contribution in [1.82, 2.24) is 0 Å². The maximum Gasteiger partial charge on any atom is 0.115 e. The zero-order chi connectivity index (χ0) is 8.04. The molecule has 0 aliphatic heterocycles. The molecule has 0 radical (unpaired) electrons. The van der Waals surface area contributed by atoms with Crippen LogP contribution >= 0.6 is 0 Å². The number of nitrogens with two attached hydrogens (primary N) is 4. The van der Waals surface area contributed by atoms with Crippen LogP contribution in [0.3, 0.4) is 0 Å². The maximum atomic E-state index is 5.34. The summed E-state index contributed by atoms with van der Waals surface area (Å²) in [4.78, 5) is 0. The molecule has 0 aromatic heterocycles. The molecule has 10 heavy (non-hydrogen) atoms. The summed E-state index contributed by atoms with van der Waals surface area (Å²) < 4.78 is 0. The van der Waals surface area contributed by atoms with Gasteiger partial charge in [-0.2, -0.15) is 0 Å². The first-order valence-corrected chi connectivity index (χ1v) is 3.63. The highest BCUT2D eigenvalue weighted by Crippen LogP contribution is 2.01. The predicted molar refractivity (Wildman–Crippen MR) is 42.8 cm³/mol. The van der Waals surface area contributed by atoms with Crippen LogP contribution in [-0.4, -0.2) is 12.3 Å². The van der Waals surface area contributed by atoms with E-state index in [2.05, 4.69) is 0 Å². The molecule has 0 amide bonds. The van der Waals surface area contributed by atoms with Crippen molar-refractivity contribution in [2.75, 3.05) is 6.54 Å². The third-order valence-corrected chi connectivity index (χ3v) is 1.31. The van der Waals surface area contributed by atoms with Crippen LogP contribution in [0.1, 0.15) is 25.7 Å². The lowest BCUT2D eigenvalue weighted by Crippen LogP contribution is -2.57. The molecule has 0 aromatic rings. The number of hydrogen-bond donors (Lipinski definition) is 4. The van der Waals surface area contributed by atoms with Gasteiger partial charge in [-0.1, -0.05) is 6.42 Å². The molecule has 0 aliphatic rings. The Kier molecular flexibility index (Phi) is 4.55. The molecule has 8 N–H and O–H groups in total. The lowest BCUT2D eigenvalue weighted by atomic mass is 10.1. The number of unbranched alkanes of at least 4 members (excludes halogenated alkanes) is 2. The molecule has 0 aliphatic carbocycles. The highest BCUT2D eigenvalue weighted by atomic mass is 15.1. The molecule has 0 rings (SSSR count). The molecule has 0 atom stereocenters. The van der Waals surface area contributed by atoms with Gasteiger partial charge in [0, 0.05) is 0 Å². The van der Waals surface area contributed by atoms with Crippen molar-refractivity contribution in [1.29, 1.82) is 0 Å². The molecular formula is C6H18N4. The number of hydrogen-bond acceptors (Lipinski definition) is 4. The average Bonchev–Trinajstić information content (AvgIpc) is 1.78. The van der Waals surface area contributed by atoms with Crippen molar-refractivity contribution in [2.45, 2.75) is 31.5 Å². The van der Waals surface area contributed by atoms with Gasteiger partial charge in [-0.3, -0.25) is 0 Å². The van der Waals surface area contributed by atoms with E-state index in [0.29, 0.717) is 6.42 Å². The Morgan fingerprint density at radius 1 is 0.900 bits per heavy atom. The second-order valence-electron chi connectivity index (χ2n) is 2.71. The maximum absolute atomic E-state index is 5.34. The van der Waals surface area contributed by atoms with Crippen LogP contribution in [0.5, 0.6) is 0 Å². The van der Waals surface area contributed by atoms with E-state index in [9.17, 15) is 0 Å². The van der Waals surface area contributed by atoms with Gasteiger partial charge < -0.3 is 22.9 Å². The summed E-state index contributed by atoms with van der Waals surface area (Å²) in [7, 11) is 0. The Hall–Kier alpha value is -0.160. The molecule has 62 valence electrons. The topological polar surface area (TPSA) is 104 Å². The van der Waals surface area contributed by atoms with E-state index in [1.54, 1.807) is 0 Å². The van der Waals surface area contributed by atoms with Crippen molar-refractivity contribution in [3.63, 3.8) is 0 Å². The van der Waals surface area contributed by atoms with Crippen molar-refractivity contribution < 1.29 is 0 Å². The molecule has 0 fully saturated rings. The minimum absolute atomic E-state index is 0.660. The Bertz CT molecular complexity index is 76.3. The van der Waals surface area contributed by atoms with E-state index in [0.717, 1.165) is 25.8 Å². The van der Waals surface area contributed by atoms with Gasteiger partial charge >= 0.3 is 0 Å². The first-order valence-electron chi connectivity index (χ1n) is 3.63. The second kappa shape index (κ2) is 4.62. The summed E-state index contributed by atoms with van der Waals surface area (Å²) in [5.74, 6) is -0.991. The summed E-state index contributed by atoms with van der Waals surface area (Å²) >= 11 is 0. The standard InChI is InChI=1S/C6H18N4/c7-5-3-1-2-4-6(8,9)10/h1-5,7-10H2. The van der Waals surface area contributed by atoms with Crippen LogP contribution in [0.4, 0.5) is 0 Å². The van der Waals surface area contributed by atoms with Gasteiger partial charge in [-0.25, -0.2) is 0 Å². The first kappa shape index (κ1) is 9.84. The molecule has 0 bridgehead atoms. The fourth-order valence-corrected chi connectivity index (χ4v) is 0.752. The van der Waals surface area contributed by atoms with Crippen LogP contribution < -0.4 is 22.9 Å². The fraction of sp³-hybridized carbons (Fsp3) is 1.00. The van der Waals surface area contributed by atoms with Gasteiger partial charge in [0.15, 0.2) is 0 Å². The van der Waals surface area contributed by atoms with E-state index in [4.69, 9.17) is 22.9 Å². The summed E-state index contributed by atoms with van der Waals surface area (Å²) in [6, 6.07) is 0. The fourth-order valence-electron chi connectivity index (χ4n) is 0.752. The van der Waals surface area contributed by atoms with Gasteiger partial charge in [-0.15, -0.1) is 0 Å². The second-order valence-corrected chi connectivity index (χ2v) is 2.71. The lowest BCUT2D eigenvalue weighted by molar-refractivity contribution is 0.403. The quantitative estimate of drug-likeness (QED) is 0.296. The van der Waals surface area contributed by atoms with Gasteiger partial charge in [-0.05, 0) is 25.8 Å². The Morgan fingerprint density at radius 3 is 1.90 bits per heavy atom. The van der Waals surface area contributed by atoms with Crippen LogP contribution in [0.2, 0.25) is 0 Å². The predicted octanol–water partition coefficient (Wildman–Crippen LogP) is -0.965. The first-order chi connectivity index (χ1) is 4.56. The van der Waals surface area contributed by atoms with Gasteiger partial charge in [0.05, 0.1) is 0 Å². The Labute approximate surface area is 61.9 Å². The van der Waals surface area contributed by atoms with Crippen LogP contribution in [0.15, 0.2) is 0 Å². The Morgan fingerprint density at radius 2 is 1.50 bits per heavy atom. The smallest absolute Gasteiger partial charge is 0.115 e. The molecule has 4 nitrogen and oxygen atoms in total. The third kappa shape index (κ3) is 7.84. The van der Waals surface area contributed by atoms with Gasteiger partial charge in [0.2, 0.25) is 0 Å². The van der Waals surface area contributed by atoms with Gasteiger partial charge in [0.1, 0.15) is 5.79 Å². The third-order valence-electron chi connectivity index (χ3n) is 1.31. The van der Waals surface area contributed by atoms with Crippen LogP contribution in [0.25, 0.3) is 0 Å². The van der Waals surface area contributed by atoms with Crippen molar-refractivity contribution >= 4 is 0 Å². The molecule has 0 heterocycles. The minimum Gasteiger partial charge on any atom is -0.330 e. The molecular weight excluding hydrogens is 128 g/mol. The van der Waals surface area contributed by atoms with Crippen LogP contribution in [0, 0.1) is 0 Å². The van der Waals surface area contributed by atoms with Crippen molar-refractivity contribution in [3.8, 4) is 0 Å². The molecule has 4 heteroatoms.